The van der Waals surface area contributed by atoms with Crippen molar-refractivity contribution in [2.75, 3.05) is 13.6 Å². The molecular formula is C6H8N4OS2. The highest BCUT2D eigenvalue weighted by molar-refractivity contribution is 7.80. The Morgan fingerprint density at radius 1 is 1.85 bits per heavy atom. The summed E-state index contributed by atoms with van der Waals surface area (Å²) in [6.45, 7) is 0.256. The highest BCUT2D eigenvalue weighted by Crippen LogP contribution is 2.00. The minimum Gasteiger partial charge on any atom is -0.392 e. The Morgan fingerprint density at radius 2 is 2.54 bits per heavy atom. The molecule has 7 heteroatoms. The van der Waals surface area contributed by atoms with Crippen LogP contribution in [-0.4, -0.2) is 39.0 Å². The van der Waals surface area contributed by atoms with Gasteiger partial charge >= 0.3 is 0 Å². The van der Waals surface area contributed by atoms with Crippen LogP contribution in [0.4, 0.5) is 0 Å². The number of hydrogen-bond donors (Lipinski definition) is 1. The molecule has 1 rings (SSSR count). The Hall–Kier alpha value is -1.08. The van der Waals surface area contributed by atoms with Crippen molar-refractivity contribution in [1.29, 1.82) is 0 Å². The molecule has 70 valence electrons. The van der Waals surface area contributed by atoms with Gasteiger partial charge in [-0.05, 0) is 11.5 Å². The molecule has 0 spiro atoms. The van der Waals surface area contributed by atoms with E-state index in [-0.39, 0.29) is 17.4 Å². The number of rotatable bonds is 3. The lowest BCUT2D eigenvalue weighted by atomic mass is 10.4. The number of aromatic nitrogens is 2. The summed E-state index contributed by atoms with van der Waals surface area (Å²) in [6.07, 6.45) is 0. The molecule has 1 aromatic heterocycles. The van der Waals surface area contributed by atoms with E-state index in [0.717, 1.165) is 11.5 Å². The highest BCUT2D eigenvalue weighted by atomic mass is 32.1. The fourth-order valence-corrected chi connectivity index (χ4v) is 1.38. The van der Waals surface area contributed by atoms with Gasteiger partial charge in [-0.25, -0.2) is 0 Å². The number of amides is 1. The van der Waals surface area contributed by atoms with Crippen molar-refractivity contribution in [2.24, 2.45) is 5.73 Å². The Bertz CT molecular complexity index is 310. The second kappa shape index (κ2) is 4.24. The molecule has 0 aliphatic heterocycles. The van der Waals surface area contributed by atoms with E-state index in [0.29, 0.717) is 5.69 Å². The average Bonchev–Trinajstić information content (AvgIpc) is 2.53. The molecule has 2 N–H and O–H groups in total. The third-order valence-electron chi connectivity index (χ3n) is 1.32. The number of nitrogens with two attached hydrogens (primary N) is 1. The van der Waals surface area contributed by atoms with Crippen LogP contribution in [0.3, 0.4) is 0 Å². The lowest BCUT2D eigenvalue weighted by molar-refractivity contribution is 0.0809. The zero-order valence-corrected chi connectivity index (χ0v) is 8.56. The van der Waals surface area contributed by atoms with Crippen molar-refractivity contribution in [3.63, 3.8) is 0 Å². The number of nitrogens with zero attached hydrogens (tertiary/aromatic N) is 3. The summed E-state index contributed by atoms with van der Waals surface area (Å²) >= 11 is 5.80. The van der Waals surface area contributed by atoms with Gasteiger partial charge in [0.2, 0.25) is 0 Å². The van der Waals surface area contributed by atoms with Gasteiger partial charge in [0.25, 0.3) is 5.91 Å². The Kier molecular flexibility index (Phi) is 3.26. The average molecular weight is 216 g/mol. The molecular weight excluding hydrogens is 208 g/mol. The van der Waals surface area contributed by atoms with E-state index in [1.807, 2.05) is 0 Å². The molecule has 13 heavy (non-hydrogen) atoms. The molecule has 0 unspecified atom stereocenters. The minimum absolute atomic E-state index is 0.221. The highest BCUT2D eigenvalue weighted by Gasteiger charge is 2.14. The van der Waals surface area contributed by atoms with Crippen LogP contribution >= 0.6 is 23.8 Å². The van der Waals surface area contributed by atoms with Gasteiger partial charge in [0.15, 0.2) is 5.69 Å². The summed E-state index contributed by atoms with van der Waals surface area (Å²) < 4.78 is 3.58. The molecule has 1 aromatic rings. The molecule has 0 saturated carbocycles. The van der Waals surface area contributed by atoms with Crippen LogP contribution < -0.4 is 5.73 Å². The first-order valence-corrected chi connectivity index (χ1v) is 4.66. The van der Waals surface area contributed by atoms with E-state index >= 15 is 0 Å². The van der Waals surface area contributed by atoms with Gasteiger partial charge in [0.1, 0.15) is 0 Å². The van der Waals surface area contributed by atoms with Crippen LogP contribution in [0.5, 0.6) is 0 Å². The summed E-state index contributed by atoms with van der Waals surface area (Å²) in [5.74, 6) is -0.221. The molecule has 5 nitrogen and oxygen atoms in total. The van der Waals surface area contributed by atoms with Crippen LogP contribution in [0.1, 0.15) is 10.5 Å². The number of thiocarbonyl (C=S) groups is 1. The number of carbonyl (C=O) groups excluding carboxylic acids is 1. The van der Waals surface area contributed by atoms with Gasteiger partial charge < -0.3 is 10.6 Å². The number of carbonyl (C=O) groups is 1. The molecule has 0 fully saturated rings. The van der Waals surface area contributed by atoms with Gasteiger partial charge in [-0.3, -0.25) is 4.79 Å². The molecule has 0 radical (unpaired) electrons. The van der Waals surface area contributed by atoms with Crippen LogP contribution in [-0.2, 0) is 0 Å². The first-order chi connectivity index (χ1) is 6.11. The lowest BCUT2D eigenvalue weighted by Crippen LogP contribution is -2.34. The predicted molar refractivity (Wildman–Crippen MR) is 53.7 cm³/mol. The maximum atomic E-state index is 11.5. The monoisotopic (exact) mass is 216 g/mol. The van der Waals surface area contributed by atoms with E-state index in [9.17, 15) is 4.79 Å². The van der Waals surface area contributed by atoms with E-state index in [4.69, 9.17) is 5.73 Å². The van der Waals surface area contributed by atoms with Crippen molar-refractivity contribution in [3.8, 4) is 0 Å². The van der Waals surface area contributed by atoms with Crippen molar-refractivity contribution >= 4 is 34.6 Å². The second-order valence-corrected chi connectivity index (χ2v) is 3.55. The summed E-state index contributed by atoms with van der Waals surface area (Å²) in [6, 6.07) is 0. The van der Waals surface area contributed by atoms with Gasteiger partial charge in [-0.1, -0.05) is 16.7 Å². The molecule has 0 bridgehead atoms. The minimum atomic E-state index is -0.221. The van der Waals surface area contributed by atoms with Crippen molar-refractivity contribution in [2.45, 2.75) is 0 Å². The normalized spacial score (nSPS) is 9.62. The van der Waals surface area contributed by atoms with Crippen LogP contribution in [0, 0.1) is 0 Å². The molecule has 0 aliphatic rings. The molecule has 0 aliphatic carbocycles. The van der Waals surface area contributed by atoms with Crippen molar-refractivity contribution in [3.05, 3.63) is 11.1 Å². The van der Waals surface area contributed by atoms with Crippen molar-refractivity contribution < 1.29 is 4.79 Å². The zero-order chi connectivity index (χ0) is 9.84. The molecule has 0 aromatic carbocycles. The van der Waals surface area contributed by atoms with E-state index in [1.54, 1.807) is 12.4 Å². The molecule has 0 saturated heterocycles. The molecule has 1 heterocycles. The first kappa shape index (κ1) is 10.0. The third-order valence-corrected chi connectivity index (χ3v) is 1.95. The maximum Gasteiger partial charge on any atom is 0.275 e. The van der Waals surface area contributed by atoms with Crippen LogP contribution in [0.25, 0.3) is 0 Å². The van der Waals surface area contributed by atoms with Crippen LogP contribution in [0.2, 0.25) is 0 Å². The van der Waals surface area contributed by atoms with E-state index in [1.165, 1.54) is 4.90 Å². The Morgan fingerprint density at radius 3 is 3.00 bits per heavy atom. The number of likely N-dealkylation sites (N-methyl/N-ethyl adjacent to an activating group) is 1. The van der Waals surface area contributed by atoms with E-state index < -0.39 is 0 Å². The lowest BCUT2D eigenvalue weighted by Gasteiger charge is -2.13. The quantitative estimate of drug-likeness (QED) is 0.714. The van der Waals surface area contributed by atoms with Gasteiger partial charge in [-0.2, -0.15) is 0 Å². The smallest absolute Gasteiger partial charge is 0.275 e. The third kappa shape index (κ3) is 2.71. The summed E-state index contributed by atoms with van der Waals surface area (Å²) in [5, 5.41) is 5.22. The maximum absolute atomic E-state index is 11.5. The zero-order valence-electron chi connectivity index (χ0n) is 6.93. The predicted octanol–water partition coefficient (Wildman–Crippen LogP) is -0.104. The van der Waals surface area contributed by atoms with Crippen LogP contribution in [0.15, 0.2) is 5.38 Å². The number of hydrogen-bond acceptors (Lipinski definition) is 5. The van der Waals surface area contributed by atoms with Gasteiger partial charge in [-0.15, -0.1) is 5.10 Å². The Labute approximate surface area is 84.7 Å². The SMILES string of the molecule is CN(CC(N)=S)C(=O)c1csnn1. The first-order valence-electron chi connectivity index (χ1n) is 3.42. The fourth-order valence-electron chi connectivity index (χ4n) is 0.759. The second-order valence-electron chi connectivity index (χ2n) is 2.42. The largest absolute Gasteiger partial charge is 0.392 e. The fraction of sp³-hybridized carbons (Fsp3) is 0.333. The summed E-state index contributed by atoms with van der Waals surface area (Å²) in [7, 11) is 1.61. The topological polar surface area (TPSA) is 72.1 Å². The van der Waals surface area contributed by atoms with Crippen molar-refractivity contribution in [1.82, 2.24) is 14.5 Å². The van der Waals surface area contributed by atoms with Gasteiger partial charge in [0, 0.05) is 12.4 Å². The standard InChI is InChI=1S/C6H8N4OS2/c1-10(2-5(7)12)6(11)4-3-13-9-8-4/h3H,2H2,1H3,(H2,7,12). The Balaban J connectivity index is 2.63. The summed E-state index contributed by atoms with van der Waals surface area (Å²) in [4.78, 5) is 13.1. The van der Waals surface area contributed by atoms with E-state index in [2.05, 4.69) is 21.8 Å². The summed E-state index contributed by atoms with van der Waals surface area (Å²) in [5.41, 5.74) is 5.61. The molecule has 0 atom stereocenters. The van der Waals surface area contributed by atoms with Gasteiger partial charge in [0.05, 0.1) is 11.5 Å². The molecule has 1 amide bonds.